The zero-order chi connectivity index (χ0) is 18.7. The van der Waals surface area contributed by atoms with E-state index in [-0.39, 0.29) is 11.1 Å². The Morgan fingerprint density at radius 3 is 2.69 bits per heavy atom. The van der Waals surface area contributed by atoms with Crippen LogP contribution >= 0.6 is 0 Å². The van der Waals surface area contributed by atoms with Crippen LogP contribution in [0.25, 0.3) is 17.2 Å². The molecule has 0 saturated carbocycles. The third-order valence-electron chi connectivity index (χ3n) is 4.64. The summed E-state index contributed by atoms with van der Waals surface area (Å²) in [6.45, 7) is 5.45. The summed E-state index contributed by atoms with van der Waals surface area (Å²) < 4.78 is 15.8. The van der Waals surface area contributed by atoms with Crippen LogP contribution in [0.2, 0.25) is 0 Å². The lowest BCUT2D eigenvalue weighted by Gasteiger charge is -2.33. The van der Waals surface area contributed by atoms with Gasteiger partial charge in [0.15, 0.2) is 11.3 Å². The lowest BCUT2D eigenvalue weighted by molar-refractivity contribution is 0.311. The molecule has 0 atom stereocenters. The van der Waals surface area contributed by atoms with Gasteiger partial charge in [-0.3, -0.25) is 9.98 Å². The fourth-order valence-corrected chi connectivity index (χ4v) is 3.05. The van der Waals surface area contributed by atoms with Crippen molar-refractivity contribution in [2.75, 3.05) is 38.1 Å². The molecule has 0 spiro atoms. The van der Waals surface area contributed by atoms with Gasteiger partial charge in [-0.1, -0.05) is 19.4 Å². The summed E-state index contributed by atoms with van der Waals surface area (Å²) in [5, 5.41) is 17.8. The predicted octanol–water partition coefficient (Wildman–Crippen LogP) is 2.55. The van der Waals surface area contributed by atoms with Crippen molar-refractivity contribution in [2.24, 2.45) is 0 Å². The molecule has 0 radical (unpaired) electrons. The fraction of sp³-hybridized carbons (Fsp3) is 0.421. The number of fused-ring (bicyclic) bond motifs is 1. The van der Waals surface area contributed by atoms with E-state index in [4.69, 9.17) is 10.7 Å². The number of aromatic nitrogens is 2. The smallest absolute Gasteiger partial charge is 0.173 e. The Morgan fingerprint density at radius 2 is 2.04 bits per heavy atom. The molecule has 6 nitrogen and oxygen atoms in total. The van der Waals surface area contributed by atoms with Crippen LogP contribution in [0, 0.1) is 22.6 Å². The van der Waals surface area contributed by atoms with E-state index >= 15 is 0 Å². The van der Waals surface area contributed by atoms with Crippen molar-refractivity contribution in [3.05, 3.63) is 35.1 Å². The number of benzene rings is 1. The Kier molecular flexibility index (Phi) is 5.33. The Hall–Kier alpha value is -2.72. The maximum Gasteiger partial charge on any atom is 0.173 e. The molecule has 136 valence electrons. The van der Waals surface area contributed by atoms with Gasteiger partial charge in [0.05, 0.1) is 16.6 Å². The topological polar surface area (TPSA) is 71.9 Å². The maximum atomic E-state index is 14.2. The molecular formula is C19H23FN6. The van der Waals surface area contributed by atoms with Crippen LogP contribution in [-0.2, 0) is 0 Å². The van der Waals surface area contributed by atoms with Gasteiger partial charge in [0.2, 0.25) is 0 Å². The van der Waals surface area contributed by atoms with Gasteiger partial charge in [-0.25, -0.2) is 9.37 Å². The molecule has 2 heterocycles. The van der Waals surface area contributed by atoms with Gasteiger partial charge in [0.1, 0.15) is 11.9 Å². The molecule has 1 saturated heterocycles. The van der Waals surface area contributed by atoms with Crippen LogP contribution in [0.4, 0.5) is 10.2 Å². The predicted molar refractivity (Wildman–Crippen MR) is 100 cm³/mol. The summed E-state index contributed by atoms with van der Waals surface area (Å²) in [6.07, 6.45) is 5.65. The monoisotopic (exact) mass is 354 g/mol. The molecule has 1 aliphatic heterocycles. The van der Waals surface area contributed by atoms with Crippen LogP contribution in [0.1, 0.15) is 25.3 Å². The summed E-state index contributed by atoms with van der Waals surface area (Å²) in [7, 11) is 2.07. The number of hydrogen-bond donors (Lipinski definition) is 1. The Morgan fingerprint density at radius 1 is 1.31 bits per heavy atom. The van der Waals surface area contributed by atoms with E-state index in [1.54, 1.807) is 10.8 Å². The Labute approximate surface area is 152 Å². The molecule has 0 aliphatic carbocycles. The van der Waals surface area contributed by atoms with E-state index < -0.39 is 5.82 Å². The van der Waals surface area contributed by atoms with E-state index in [0.717, 1.165) is 39.0 Å². The minimum absolute atomic E-state index is 0.0313. The Balaban J connectivity index is 2.19. The van der Waals surface area contributed by atoms with Crippen molar-refractivity contribution in [3.63, 3.8) is 0 Å². The van der Waals surface area contributed by atoms with Gasteiger partial charge in [-0.05, 0) is 19.5 Å². The molecule has 1 aliphatic rings. The number of halogens is 1. The van der Waals surface area contributed by atoms with E-state index in [1.807, 2.05) is 12.1 Å². The van der Waals surface area contributed by atoms with Crippen LogP contribution in [0.3, 0.4) is 0 Å². The second-order valence-corrected chi connectivity index (χ2v) is 6.55. The summed E-state index contributed by atoms with van der Waals surface area (Å²) in [5.41, 5.74) is 1.22. The normalized spacial score (nSPS) is 15.7. The second-order valence-electron chi connectivity index (χ2n) is 6.55. The molecule has 1 aromatic heterocycles. The van der Waals surface area contributed by atoms with Crippen molar-refractivity contribution in [1.82, 2.24) is 14.5 Å². The quantitative estimate of drug-likeness (QED) is 0.916. The van der Waals surface area contributed by atoms with Crippen molar-refractivity contribution in [3.8, 4) is 6.07 Å². The third-order valence-corrected chi connectivity index (χ3v) is 4.64. The molecule has 7 heteroatoms. The number of rotatable bonds is 4. The number of piperazine rings is 1. The molecule has 0 unspecified atom stereocenters. The Bertz CT molecular complexity index is 932. The number of nitrogens with one attached hydrogen (secondary N) is 1. The average Bonchev–Trinajstić information content (AvgIpc) is 2.64. The maximum absolute atomic E-state index is 14.2. The zero-order valence-corrected chi connectivity index (χ0v) is 15.2. The molecule has 1 N–H and O–H groups in total. The highest BCUT2D eigenvalue weighted by Crippen LogP contribution is 2.20. The zero-order valence-electron chi connectivity index (χ0n) is 15.2. The van der Waals surface area contributed by atoms with E-state index in [0.29, 0.717) is 16.9 Å². The molecule has 3 rings (SSSR count). The minimum Gasteiger partial charge on any atom is -0.351 e. The standard InChI is InChI=1S/C19H23FN6/c1-3-4-5-6-26-17-12-15(20)14(13-21)11-16(17)23-19(18(26)22)25-9-7-24(2)8-10-25/h5-6,11-12,22H,3-4,7-10H2,1-2H3. The minimum atomic E-state index is -0.591. The molecule has 26 heavy (non-hydrogen) atoms. The third kappa shape index (κ3) is 3.46. The van der Waals surface area contributed by atoms with E-state index in [2.05, 4.69) is 28.8 Å². The van der Waals surface area contributed by atoms with Crippen molar-refractivity contribution >= 4 is 23.1 Å². The first kappa shape index (κ1) is 18.1. The highest BCUT2D eigenvalue weighted by atomic mass is 19.1. The number of nitrogens with zero attached hydrogens (tertiary/aromatic N) is 5. The van der Waals surface area contributed by atoms with Crippen molar-refractivity contribution < 1.29 is 4.39 Å². The second kappa shape index (κ2) is 7.67. The molecule has 1 fully saturated rings. The van der Waals surface area contributed by atoms with Crippen molar-refractivity contribution in [2.45, 2.75) is 19.8 Å². The number of unbranched alkanes of at least 4 members (excludes halogenated alkanes) is 1. The number of allylic oxidation sites excluding steroid dienone is 1. The first-order valence-electron chi connectivity index (χ1n) is 8.85. The first-order chi connectivity index (χ1) is 12.5. The fourth-order valence-electron chi connectivity index (χ4n) is 3.05. The number of anilines is 1. The van der Waals surface area contributed by atoms with Gasteiger partial charge in [0, 0.05) is 38.4 Å². The van der Waals surface area contributed by atoms with Crippen LogP contribution in [-0.4, -0.2) is 47.7 Å². The molecule has 0 bridgehead atoms. The summed E-state index contributed by atoms with van der Waals surface area (Å²) in [4.78, 5) is 8.93. The van der Waals surface area contributed by atoms with Gasteiger partial charge >= 0.3 is 0 Å². The van der Waals surface area contributed by atoms with Crippen LogP contribution in [0.15, 0.2) is 18.2 Å². The average molecular weight is 354 g/mol. The van der Waals surface area contributed by atoms with Gasteiger partial charge < -0.3 is 9.80 Å². The van der Waals surface area contributed by atoms with Gasteiger partial charge in [0.25, 0.3) is 0 Å². The van der Waals surface area contributed by atoms with Gasteiger partial charge in [-0.15, -0.1) is 0 Å². The van der Waals surface area contributed by atoms with Crippen LogP contribution < -0.4 is 10.4 Å². The summed E-state index contributed by atoms with van der Waals surface area (Å²) in [6, 6.07) is 4.63. The lowest BCUT2D eigenvalue weighted by atomic mass is 10.2. The highest BCUT2D eigenvalue weighted by molar-refractivity contribution is 5.80. The molecular weight excluding hydrogens is 331 g/mol. The van der Waals surface area contributed by atoms with Crippen molar-refractivity contribution in [1.29, 1.82) is 10.7 Å². The highest BCUT2D eigenvalue weighted by Gasteiger charge is 2.19. The first-order valence-corrected chi connectivity index (χ1v) is 8.85. The summed E-state index contributed by atoms with van der Waals surface area (Å²) in [5.74, 6) is -0.0200. The van der Waals surface area contributed by atoms with Crippen LogP contribution in [0.5, 0.6) is 0 Å². The molecule has 1 aromatic carbocycles. The van der Waals surface area contributed by atoms with Gasteiger partial charge in [-0.2, -0.15) is 5.26 Å². The van der Waals surface area contributed by atoms with E-state index in [9.17, 15) is 4.39 Å². The number of likely N-dealkylation sites (N-methyl/N-ethyl adjacent to an activating group) is 1. The number of nitriles is 1. The van der Waals surface area contributed by atoms with E-state index in [1.165, 1.54) is 12.1 Å². The lowest BCUT2D eigenvalue weighted by Crippen LogP contribution is -2.47. The SMILES string of the molecule is CCCC=Cn1c(=N)c(N2CCN(C)CC2)nc2cc(C#N)c(F)cc21. The number of hydrogen-bond acceptors (Lipinski definition) is 5. The summed E-state index contributed by atoms with van der Waals surface area (Å²) >= 11 is 0. The molecule has 0 amide bonds. The largest absolute Gasteiger partial charge is 0.351 e. The molecule has 2 aromatic rings.